The summed E-state index contributed by atoms with van der Waals surface area (Å²) < 4.78 is 5.71. The molecule has 3 heterocycles. The Morgan fingerprint density at radius 3 is 2.62 bits per heavy atom. The largest absolute Gasteiger partial charge is 0.484 e. The number of nitrogens with two attached hydrogens (primary N) is 1. The second-order valence-corrected chi connectivity index (χ2v) is 7.71. The predicted octanol–water partition coefficient (Wildman–Crippen LogP) is 3.64. The van der Waals surface area contributed by atoms with Gasteiger partial charge in [-0.2, -0.15) is 0 Å². The first-order chi connectivity index (χ1) is 15.6. The minimum atomic E-state index is -0.147. The molecule has 1 saturated heterocycles. The van der Waals surface area contributed by atoms with Gasteiger partial charge in [-0.05, 0) is 48.2 Å². The van der Waals surface area contributed by atoms with E-state index in [1.165, 1.54) is 0 Å². The Hall–Kier alpha value is -3.58. The van der Waals surface area contributed by atoms with Crippen LogP contribution in [0, 0.1) is 0 Å². The standard InChI is InChI=1S/C23H22N4O3.C2H6/c24-16-7-8-27(12-16)22(28)13-30-17-5-6-20-15(9-17)11-21(25-20)18-10-14-3-1-2-4-19(14)26-23(18)29;1-2/h1-6,9-11,16,25H,7-8,12-13,24H2,(H,26,29);1-2H3. The van der Waals surface area contributed by atoms with E-state index in [4.69, 9.17) is 10.5 Å². The van der Waals surface area contributed by atoms with Crippen molar-refractivity contribution in [1.82, 2.24) is 14.9 Å². The maximum atomic E-state index is 12.6. The summed E-state index contributed by atoms with van der Waals surface area (Å²) in [4.78, 5) is 32.8. The summed E-state index contributed by atoms with van der Waals surface area (Å²) in [5.41, 5.74) is 8.72. The van der Waals surface area contributed by atoms with Crippen molar-refractivity contribution in [3.05, 3.63) is 65.0 Å². The molecule has 2 aromatic heterocycles. The lowest BCUT2D eigenvalue weighted by molar-refractivity contribution is -0.132. The molecule has 1 atom stereocenters. The minimum absolute atomic E-state index is 0.0140. The summed E-state index contributed by atoms with van der Waals surface area (Å²) in [7, 11) is 0. The summed E-state index contributed by atoms with van der Waals surface area (Å²) >= 11 is 0. The van der Waals surface area contributed by atoms with Crippen LogP contribution >= 0.6 is 0 Å². The third kappa shape index (κ3) is 4.38. The van der Waals surface area contributed by atoms with E-state index in [0.29, 0.717) is 24.4 Å². The van der Waals surface area contributed by atoms with E-state index in [2.05, 4.69) is 9.97 Å². The summed E-state index contributed by atoms with van der Waals surface area (Å²) in [5.74, 6) is 0.554. The van der Waals surface area contributed by atoms with E-state index < -0.39 is 0 Å². The van der Waals surface area contributed by atoms with Crippen LogP contribution in [-0.2, 0) is 4.79 Å². The summed E-state index contributed by atoms with van der Waals surface area (Å²) in [6, 6.07) is 17.1. The van der Waals surface area contributed by atoms with E-state index in [1.807, 2.05) is 68.4 Å². The molecule has 1 aliphatic heterocycles. The van der Waals surface area contributed by atoms with Gasteiger partial charge in [0.25, 0.3) is 11.5 Å². The van der Waals surface area contributed by atoms with Crippen LogP contribution in [0.2, 0.25) is 0 Å². The van der Waals surface area contributed by atoms with E-state index >= 15 is 0 Å². The molecule has 4 N–H and O–H groups in total. The van der Waals surface area contributed by atoms with Crippen LogP contribution in [0.5, 0.6) is 5.75 Å². The summed E-state index contributed by atoms with van der Waals surface area (Å²) in [6.45, 7) is 5.26. The Labute approximate surface area is 186 Å². The highest BCUT2D eigenvalue weighted by atomic mass is 16.5. The van der Waals surface area contributed by atoms with Crippen molar-refractivity contribution in [2.45, 2.75) is 26.3 Å². The molecular weight excluding hydrogens is 404 g/mol. The van der Waals surface area contributed by atoms with Gasteiger partial charge in [0, 0.05) is 35.6 Å². The Morgan fingerprint density at radius 1 is 1.06 bits per heavy atom. The lowest BCUT2D eigenvalue weighted by atomic mass is 10.1. The molecule has 0 aliphatic carbocycles. The van der Waals surface area contributed by atoms with Crippen LogP contribution in [0.1, 0.15) is 20.3 Å². The van der Waals surface area contributed by atoms with Crippen LogP contribution in [-0.4, -0.2) is 46.5 Å². The first-order valence-corrected chi connectivity index (χ1v) is 11.0. The van der Waals surface area contributed by atoms with E-state index in [0.717, 1.165) is 33.9 Å². The van der Waals surface area contributed by atoms with Crippen molar-refractivity contribution in [2.75, 3.05) is 19.7 Å². The molecule has 1 amide bonds. The Kier molecular flexibility index (Phi) is 6.28. The number of nitrogens with zero attached hydrogens (tertiary/aromatic N) is 1. The highest BCUT2D eigenvalue weighted by Crippen LogP contribution is 2.27. The number of fused-ring (bicyclic) bond motifs is 2. The van der Waals surface area contributed by atoms with Gasteiger partial charge in [0.15, 0.2) is 6.61 Å². The average Bonchev–Trinajstić information content (AvgIpc) is 3.44. The zero-order chi connectivity index (χ0) is 22.7. The molecule has 2 aromatic carbocycles. The Morgan fingerprint density at radius 2 is 1.84 bits per heavy atom. The van der Waals surface area contributed by atoms with Crippen molar-refractivity contribution in [2.24, 2.45) is 5.73 Å². The van der Waals surface area contributed by atoms with Gasteiger partial charge in [-0.25, -0.2) is 0 Å². The van der Waals surface area contributed by atoms with Crippen molar-refractivity contribution >= 4 is 27.7 Å². The van der Waals surface area contributed by atoms with E-state index in [9.17, 15) is 9.59 Å². The number of likely N-dealkylation sites (tertiary alicyclic amines) is 1. The molecule has 166 valence electrons. The quantitative estimate of drug-likeness (QED) is 0.458. The zero-order valence-electron chi connectivity index (χ0n) is 18.4. The molecule has 0 radical (unpaired) electrons. The number of hydrogen-bond acceptors (Lipinski definition) is 4. The van der Waals surface area contributed by atoms with Gasteiger partial charge in [0.05, 0.1) is 11.3 Å². The Balaban J connectivity index is 0.00000119. The molecule has 0 saturated carbocycles. The molecule has 0 bridgehead atoms. The predicted molar refractivity (Wildman–Crippen MR) is 128 cm³/mol. The number of aromatic amines is 2. The average molecular weight is 433 g/mol. The van der Waals surface area contributed by atoms with Gasteiger partial charge in [0.2, 0.25) is 0 Å². The van der Waals surface area contributed by atoms with Crippen LogP contribution in [0.3, 0.4) is 0 Å². The first kappa shape index (κ1) is 21.6. The van der Waals surface area contributed by atoms with Gasteiger partial charge >= 0.3 is 0 Å². The van der Waals surface area contributed by atoms with Gasteiger partial charge in [0.1, 0.15) is 5.75 Å². The lowest BCUT2D eigenvalue weighted by Gasteiger charge is -2.16. The molecule has 4 aromatic rings. The van der Waals surface area contributed by atoms with Crippen molar-refractivity contribution in [3.63, 3.8) is 0 Å². The molecule has 1 aliphatic rings. The lowest BCUT2D eigenvalue weighted by Crippen LogP contribution is -2.35. The maximum absolute atomic E-state index is 12.6. The fraction of sp³-hybridized carbons (Fsp3) is 0.280. The molecule has 1 fully saturated rings. The monoisotopic (exact) mass is 432 g/mol. The van der Waals surface area contributed by atoms with Gasteiger partial charge < -0.3 is 25.3 Å². The second kappa shape index (κ2) is 9.28. The molecule has 1 unspecified atom stereocenters. The molecule has 7 nitrogen and oxygen atoms in total. The topological polar surface area (TPSA) is 104 Å². The number of pyridine rings is 1. The van der Waals surface area contributed by atoms with E-state index in [-0.39, 0.29) is 24.1 Å². The molecule has 7 heteroatoms. The third-order valence-electron chi connectivity index (χ3n) is 5.58. The summed E-state index contributed by atoms with van der Waals surface area (Å²) in [5, 5.41) is 1.88. The number of ether oxygens (including phenoxy) is 1. The van der Waals surface area contributed by atoms with E-state index in [1.54, 1.807) is 4.90 Å². The van der Waals surface area contributed by atoms with Crippen molar-refractivity contribution in [1.29, 1.82) is 0 Å². The number of carbonyl (C=O) groups excluding carboxylic acids is 1. The van der Waals surface area contributed by atoms with Gasteiger partial charge in [-0.3, -0.25) is 9.59 Å². The fourth-order valence-electron chi connectivity index (χ4n) is 3.94. The molecular formula is C25H28N4O3. The first-order valence-electron chi connectivity index (χ1n) is 11.0. The number of hydrogen-bond donors (Lipinski definition) is 3. The normalized spacial score (nSPS) is 15.6. The van der Waals surface area contributed by atoms with Gasteiger partial charge in [-0.1, -0.05) is 32.0 Å². The highest BCUT2D eigenvalue weighted by Gasteiger charge is 2.23. The fourth-order valence-corrected chi connectivity index (χ4v) is 3.94. The van der Waals surface area contributed by atoms with Crippen LogP contribution in [0.15, 0.2) is 59.4 Å². The number of nitrogens with one attached hydrogen (secondary N) is 2. The van der Waals surface area contributed by atoms with Crippen LogP contribution in [0.4, 0.5) is 0 Å². The van der Waals surface area contributed by atoms with Crippen LogP contribution in [0.25, 0.3) is 33.1 Å². The SMILES string of the molecule is CC.NC1CCN(C(=O)COc2ccc3[nH]c(-c4cc5ccccc5[nH]c4=O)cc3c2)C1. The number of benzene rings is 2. The number of H-pyrrole nitrogens is 2. The number of para-hydroxylation sites is 1. The molecule has 0 spiro atoms. The number of amides is 1. The number of aromatic nitrogens is 2. The third-order valence-corrected chi connectivity index (χ3v) is 5.58. The smallest absolute Gasteiger partial charge is 0.260 e. The highest BCUT2D eigenvalue weighted by molar-refractivity contribution is 5.89. The Bertz CT molecular complexity index is 1310. The number of carbonyl (C=O) groups is 1. The second-order valence-electron chi connectivity index (χ2n) is 7.71. The molecule has 32 heavy (non-hydrogen) atoms. The van der Waals surface area contributed by atoms with Crippen LogP contribution < -0.4 is 16.0 Å². The zero-order valence-corrected chi connectivity index (χ0v) is 18.4. The van der Waals surface area contributed by atoms with Gasteiger partial charge in [-0.15, -0.1) is 0 Å². The number of rotatable bonds is 4. The molecule has 5 rings (SSSR count). The maximum Gasteiger partial charge on any atom is 0.260 e. The van der Waals surface area contributed by atoms with Crippen molar-refractivity contribution in [3.8, 4) is 17.0 Å². The van der Waals surface area contributed by atoms with Crippen molar-refractivity contribution < 1.29 is 9.53 Å². The minimum Gasteiger partial charge on any atom is -0.484 e. The summed E-state index contributed by atoms with van der Waals surface area (Å²) in [6.07, 6.45) is 0.831.